The maximum Gasteiger partial charge on any atom is 0.0566 e. The molecule has 2 nitrogen and oxygen atoms in total. The lowest BCUT2D eigenvalue weighted by atomic mass is 10.0. The average Bonchev–Trinajstić information content (AvgIpc) is 2.15. The number of aryl methyl sites for hydroxylation is 1. The van der Waals surface area contributed by atoms with Crippen LogP contribution in [0.25, 0.3) is 0 Å². The number of aliphatic hydroxyl groups is 1. The summed E-state index contributed by atoms with van der Waals surface area (Å²) >= 11 is 0. The van der Waals surface area contributed by atoms with E-state index >= 15 is 0 Å². The molecule has 1 heterocycles. The Hall–Kier alpha value is -0.890. The molecule has 0 radical (unpaired) electrons. The monoisotopic (exact) mass is 179 g/mol. The summed E-state index contributed by atoms with van der Waals surface area (Å²) in [4.78, 5) is 4.20. The predicted molar refractivity (Wildman–Crippen MR) is 53.4 cm³/mol. The number of aliphatic hydroxyl groups excluding tert-OH is 1. The highest BCUT2D eigenvalue weighted by Gasteiger charge is 2.08. The van der Waals surface area contributed by atoms with Crippen LogP contribution in [0.2, 0.25) is 0 Å². The number of aromatic nitrogens is 1. The third-order valence-electron chi connectivity index (χ3n) is 2.19. The largest absolute Gasteiger partial charge is 0.393 e. The number of hydrogen-bond acceptors (Lipinski definition) is 2. The zero-order valence-electron chi connectivity index (χ0n) is 8.27. The van der Waals surface area contributed by atoms with Crippen LogP contribution in [0, 0.1) is 5.92 Å². The molecular formula is C11H17NO. The van der Waals surface area contributed by atoms with Gasteiger partial charge in [0, 0.05) is 11.9 Å². The summed E-state index contributed by atoms with van der Waals surface area (Å²) in [6.07, 6.45) is 3.24. The molecule has 0 aliphatic rings. The van der Waals surface area contributed by atoms with Gasteiger partial charge in [-0.2, -0.15) is 0 Å². The molecule has 0 saturated carbocycles. The van der Waals surface area contributed by atoms with Crippen LogP contribution in [-0.4, -0.2) is 16.2 Å². The highest BCUT2D eigenvalue weighted by molar-refractivity contribution is 5.03. The predicted octanol–water partition coefficient (Wildman–Crippen LogP) is 2.03. The van der Waals surface area contributed by atoms with Crippen LogP contribution in [0.15, 0.2) is 24.4 Å². The summed E-state index contributed by atoms with van der Waals surface area (Å²) in [6, 6.07) is 5.87. The Bertz CT molecular complexity index is 233. The van der Waals surface area contributed by atoms with Crippen LogP contribution in [-0.2, 0) is 6.42 Å². The smallest absolute Gasteiger partial charge is 0.0566 e. The average molecular weight is 179 g/mol. The fourth-order valence-corrected chi connectivity index (χ4v) is 1.18. The van der Waals surface area contributed by atoms with Crippen molar-refractivity contribution in [2.24, 2.45) is 5.92 Å². The quantitative estimate of drug-likeness (QED) is 0.767. The minimum Gasteiger partial charge on any atom is -0.393 e. The SMILES string of the molecule is CC(C)C(O)CCc1ccccn1. The minimum atomic E-state index is -0.206. The molecule has 0 spiro atoms. The molecule has 1 aromatic heterocycles. The summed E-state index contributed by atoms with van der Waals surface area (Å²) in [6.45, 7) is 4.06. The molecular weight excluding hydrogens is 162 g/mol. The minimum absolute atomic E-state index is 0.206. The Morgan fingerprint density at radius 2 is 2.15 bits per heavy atom. The van der Waals surface area contributed by atoms with Gasteiger partial charge in [0.1, 0.15) is 0 Å². The third kappa shape index (κ3) is 3.55. The molecule has 13 heavy (non-hydrogen) atoms. The second-order valence-electron chi connectivity index (χ2n) is 3.67. The van der Waals surface area contributed by atoms with Crippen LogP contribution in [0.5, 0.6) is 0 Å². The van der Waals surface area contributed by atoms with Crippen molar-refractivity contribution in [1.82, 2.24) is 4.98 Å². The first kappa shape index (κ1) is 10.2. The highest BCUT2D eigenvalue weighted by Crippen LogP contribution is 2.08. The molecule has 72 valence electrons. The zero-order valence-corrected chi connectivity index (χ0v) is 8.27. The lowest BCUT2D eigenvalue weighted by Gasteiger charge is -2.13. The Morgan fingerprint density at radius 1 is 1.38 bits per heavy atom. The third-order valence-corrected chi connectivity index (χ3v) is 2.19. The fraction of sp³-hybridized carbons (Fsp3) is 0.545. The molecule has 1 unspecified atom stereocenters. The molecule has 1 aromatic rings. The van der Waals surface area contributed by atoms with Gasteiger partial charge < -0.3 is 5.11 Å². The lowest BCUT2D eigenvalue weighted by molar-refractivity contribution is 0.116. The van der Waals surface area contributed by atoms with E-state index in [2.05, 4.69) is 4.98 Å². The first-order valence-electron chi connectivity index (χ1n) is 4.78. The fourth-order valence-electron chi connectivity index (χ4n) is 1.18. The molecule has 0 aromatic carbocycles. The first-order valence-corrected chi connectivity index (χ1v) is 4.78. The number of hydrogen-bond donors (Lipinski definition) is 1. The second-order valence-corrected chi connectivity index (χ2v) is 3.67. The lowest BCUT2D eigenvalue weighted by Crippen LogP contribution is -2.15. The molecule has 2 heteroatoms. The molecule has 1 atom stereocenters. The van der Waals surface area contributed by atoms with Gasteiger partial charge in [0.15, 0.2) is 0 Å². The van der Waals surface area contributed by atoms with E-state index in [1.807, 2.05) is 32.0 Å². The van der Waals surface area contributed by atoms with E-state index in [-0.39, 0.29) is 6.10 Å². The van der Waals surface area contributed by atoms with Crippen LogP contribution in [0.1, 0.15) is 26.0 Å². The van der Waals surface area contributed by atoms with E-state index in [4.69, 9.17) is 0 Å². The Balaban J connectivity index is 2.35. The van der Waals surface area contributed by atoms with Crippen LogP contribution < -0.4 is 0 Å². The van der Waals surface area contributed by atoms with Gasteiger partial charge in [0.25, 0.3) is 0 Å². The van der Waals surface area contributed by atoms with Crippen LogP contribution >= 0.6 is 0 Å². The van der Waals surface area contributed by atoms with Crippen molar-refractivity contribution in [3.05, 3.63) is 30.1 Å². The molecule has 0 bridgehead atoms. The van der Waals surface area contributed by atoms with Gasteiger partial charge in [-0.15, -0.1) is 0 Å². The Kier molecular flexibility index (Phi) is 3.90. The molecule has 0 saturated heterocycles. The molecule has 1 rings (SSSR count). The van der Waals surface area contributed by atoms with Gasteiger partial charge in [-0.3, -0.25) is 4.98 Å². The molecule has 0 aliphatic carbocycles. The molecule has 1 N–H and O–H groups in total. The topological polar surface area (TPSA) is 33.1 Å². The van der Waals surface area contributed by atoms with E-state index in [1.165, 1.54) is 0 Å². The van der Waals surface area contributed by atoms with Gasteiger partial charge in [0.2, 0.25) is 0 Å². The van der Waals surface area contributed by atoms with E-state index in [0.717, 1.165) is 18.5 Å². The van der Waals surface area contributed by atoms with E-state index in [9.17, 15) is 5.11 Å². The Labute approximate surface area is 79.6 Å². The van der Waals surface area contributed by atoms with Crippen molar-refractivity contribution in [2.45, 2.75) is 32.8 Å². The van der Waals surface area contributed by atoms with Gasteiger partial charge in [-0.1, -0.05) is 19.9 Å². The maximum atomic E-state index is 9.56. The van der Waals surface area contributed by atoms with Gasteiger partial charge in [0.05, 0.1) is 6.10 Å². The first-order chi connectivity index (χ1) is 6.20. The molecule has 0 fully saturated rings. The van der Waals surface area contributed by atoms with Gasteiger partial charge >= 0.3 is 0 Å². The number of nitrogens with zero attached hydrogens (tertiary/aromatic N) is 1. The number of pyridine rings is 1. The molecule has 0 aliphatic heterocycles. The zero-order chi connectivity index (χ0) is 9.68. The maximum absolute atomic E-state index is 9.56. The van der Waals surface area contributed by atoms with Crippen LogP contribution in [0.3, 0.4) is 0 Å². The second kappa shape index (κ2) is 4.97. The highest BCUT2D eigenvalue weighted by atomic mass is 16.3. The summed E-state index contributed by atoms with van der Waals surface area (Å²) in [5, 5.41) is 9.56. The van der Waals surface area contributed by atoms with Gasteiger partial charge in [-0.25, -0.2) is 0 Å². The van der Waals surface area contributed by atoms with E-state index in [0.29, 0.717) is 5.92 Å². The summed E-state index contributed by atoms with van der Waals surface area (Å²) in [7, 11) is 0. The standard InChI is InChI=1S/C11H17NO/c1-9(2)11(13)7-6-10-5-3-4-8-12-10/h3-5,8-9,11,13H,6-7H2,1-2H3. The van der Waals surface area contributed by atoms with Crippen molar-refractivity contribution in [2.75, 3.05) is 0 Å². The summed E-state index contributed by atoms with van der Waals surface area (Å²) < 4.78 is 0. The summed E-state index contributed by atoms with van der Waals surface area (Å²) in [5.41, 5.74) is 1.06. The number of rotatable bonds is 4. The Morgan fingerprint density at radius 3 is 2.69 bits per heavy atom. The van der Waals surface area contributed by atoms with Crippen molar-refractivity contribution < 1.29 is 5.11 Å². The van der Waals surface area contributed by atoms with E-state index in [1.54, 1.807) is 6.20 Å². The van der Waals surface area contributed by atoms with Crippen molar-refractivity contribution in [3.63, 3.8) is 0 Å². The normalized spacial score (nSPS) is 13.2. The molecule has 0 amide bonds. The van der Waals surface area contributed by atoms with Crippen LogP contribution in [0.4, 0.5) is 0 Å². The van der Waals surface area contributed by atoms with Crippen molar-refractivity contribution in [3.8, 4) is 0 Å². The van der Waals surface area contributed by atoms with Crippen molar-refractivity contribution >= 4 is 0 Å². The van der Waals surface area contributed by atoms with Gasteiger partial charge in [-0.05, 0) is 30.9 Å². The van der Waals surface area contributed by atoms with E-state index < -0.39 is 0 Å². The van der Waals surface area contributed by atoms with Crippen molar-refractivity contribution in [1.29, 1.82) is 0 Å². The summed E-state index contributed by atoms with van der Waals surface area (Å²) in [5.74, 6) is 0.337.